The molecule has 5 heteroatoms. The second-order valence-electron chi connectivity index (χ2n) is 14.1. The number of thiophene rings is 1. The lowest BCUT2D eigenvalue weighted by Gasteiger charge is -2.25. The molecule has 0 saturated carbocycles. The summed E-state index contributed by atoms with van der Waals surface area (Å²) in [5, 5.41) is 3.23. The van der Waals surface area contributed by atoms with E-state index in [1.165, 1.54) is 15.8 Å². The van der Waals surface area contributed by atoms with Gasteiger partial charge in [0.25, 0.3) is 0 Å². The highest BCUT2D eigenvalue weighted by molar-refractivity contribution is 7.26. The monoisotopic (exact) mass is 747 g/mol. The highest BCUT2D eigenvalue weighted by Crippen LogP contribution is 2.45. The van der Waals surface area contributed by atoms with Crippen LogP contribution in [0.25, 0.3) is 87.1 Å². The predicted octanol–water partition coefficient (Wildman–Crippen LogP) is 14.9. The van der Waals surface area contributed by atoms with Crippen LogP contribution in [0.5, 0.6) is 0 Å². The quantitative estimate of drug-likeness (QED) is 0.163. The smallest absolute Gasteiger partial charge is 0.164 e. The number of fused-ring (bicyclic) bond motifs is 6. The normalized spacial score (nSPS) is 11.5. The standard InChI is InChI=1S/C52H33N3OS/c1-4-14-34(15-5-1)35-24-26-37(27-25-35)48-51-49(43-21-11-13-23-46(43)57-51)54-52(53-48)44-33-32-41(47-42-20-10-12-22-45(42)56-50(44)47)36-28-30-40(31-29-36)55(38-16-6-2-7-17-38)39-18-8-3-9-19-39/h1-33H. The van der Waals surface area contributed by atoms with Gasteiger partial charge in [-0.1, -0.05) is 146 Å². The maximum absolute atomic E-state index is 6.78. The Morgan fingerprint density at radius 2 is 0.965 bits per heavy atom. The van der Waals surface area contributed by atoms with E-state index >= 15 is 0 Å². The van der Waals surface area contributed by atoms with Crippen LogP contribution in [0.1, 0.15) is 0 Å². The van der Waals surface area contributed by atoms with Crippen molar-refractivity contribution in [3.63, 3.8) is 0 Å². The molecule has 268 valence electrons. The molecule has 4 nitrogen and oxygen atoms in total. The van der Waals surface area contributed by atoms with Gasteiger partial charge in [0.2, 0.25) is 0 Å². The highest BCUT2D eigenvalue weighted by Gasteiger charge is 2.22. The van der Waals surface area contributed by atoms with Crippen LogP contribution in [-0.4, -0.2) is 9.97 Å². The first-order chi connectivity index (χ1) is 28.3. The van der Waals surface area contributed by atoms with Crippen LogP contribution in [0.4, 0.5) is 17.1 Å². The summed E-state index contributed by atoms with van der Waals surface area (Å²) in [6, 6.07) is 70.1. The fraction of sp³-hybridized carbons (Fsp3) is 0. The summed E-state index contributed by atoms with van der Waals surface area (Å²) in [6.45, 7) is 0. The predicted molar refractivity (Wildman–Crippen MR) is 239 cm³/mol. The second-order valence-corrected chi connectivity index (χ2v) is 15.2. The van der Waals surface area contributed by atoms with E-state index in [-0.39, 0.29) is 0 Å². The molecule has 0 spiro atoms. The molecule has 0 radical (unpaired) electrons. The van der Waals surface area contributed by atoms with E-state index in [0.717, 1.165) is 82.6 Å². The number of aromatic nitrogens is 2. The molecule has 0 N–H and O–H groups in total. The van der Waals surface area contributed by atoms with Crippen molar-refractivity contribution >= 4 is 70.6 Å². The van der Waals surface area contributed by atoms with Gasteiger partial charge >= 0.3 is 0 Å². The molecule has 0 atom stereocenters. The van der Waals surface area contributed by atoms with Crippen LogP contribution in [0, 0.1) is 0 Å². The van der Waals surface area contributed by atoms with E-state index in [0.29, 0.717) is 5.82 Å². The molecule has 0 fully saturated rings. The van der Waals surface area contributed by atoms with Gasteiger partial charge in [0, 0.05) is 43.5 Å². The summed E-state index contributed by atoms with van der Waals surface area (Å²) < 4.78 is 9.04. The Bertz CT molecular complexity index is 3170. The molecule has 0 aliphatic heterocycles. The Morgan fingerprint density at radius 3 is 1.68 bits per heavy atom. The number of anilines is 3. The molecule has 3 heterocycles. The number of hydrogen-bond donors (Lipinski definition) is 0. The Balaban J connectivity index is 1.07. The minimum atomic E-state index is 0.639. The lowest BCUT2D eigenvalue weighted by atomic mass is 9.96. The Labute approximate surface area is 333 Å². The van der Waals surface area contributed by atoms with Crippen LogP contribution < -0.4 is 4.90 Å². The summed E-state index contributed by atoms with van der Waals surface area (Å²) in [5.74, 6) is 0.639. The van der Waals surface area contributed by atoms with Crippen molar-refractivity contribution in [2.45, 2.75) is 0 Å². The number of nitrogens with zero attached hydrogens (tertiary/aromatic N) is 3. The molecule has 0 amide bonds. The fourth-order valence-electron chi connectivity index (χ4n) is 7.99. The molecule has 0 saturated heterocycles. The Hall–Kier alpha value is -7.34. The van der Waals surface area contributed by atoms with Gasteiger partial charge in [0.15, 0.2) is 5.82 Å². The zero-order chi connectivity index (χ0) is 37.7. The Morgan fingerprint density at radius 1 is 0.421 bits per heavy atom. The van der Waals surface area contributed by atoms with E-state index in [1.54, 1.807) is 11.3 Å². The summed E-state index contributed by atoms with van der Waals surface area (Å²) in [6.07, 6.45) is 0. The lowest BCUT2D eigenvalue weighted by Crippen LogP contribution is -2.09. The Kier molecular flexibility index (Phi) is 7.97. The average Bonchev–Trinajstić information content (AvgIpc) is 3.87. The number of para-hydroxylation sites is 3. The lowest BCUT2D eigenvalue weighted by molar-refractivity contribution is 0.669. The van der Waals surface area contributed by atoms with Crippen molar-refractivity contribution in [1.82, 2.24) is 9.97 Å². The molecule has 11 rings (SSSR count). The van der Waals surface area contributed by atoms with E-state index < -0.39 is 0 Å². The van der Waals surface area contributed by atoms with Gasteiger partial charge < -0.3 is 9.32 Å². The van der Waals surface area contributed by atoms with Crippen molar-refractivity contribution in [2.75, 3.05) is 4.90 Å². The molecule has 0 bridgehead atoms. The zero-order valence-electron chi connectivity index (χ0n) is 30.7. The van der Waals surface area contributed by atoms with Gasteiger partial charge in [-0.3, -0.25) is 0 Å². The molecule has 0 aliphatic carbocycles. The summed E-state index contributed by atoms with van der Waals surface area (Å²) >= 11 is 1.74. The van der Waals surface area contributed by atoms with Crippen molar-refractivity contribution in [2.24, 2.45) is 0 Å². The van der Waals surface area contributed by atoms with Gasteiger partial charge in [0.1, 0.15) is 11.2 Å². The topological polar surface area (TPSA) is 42.2 Å². The van der Waals surface area contributed by atoms with E-state index in [2.05, 4.69) is 187 Å². The third-order valence-electron chi connectivity index (χ3n) is 10.7. The molecule has 0 unspecified atom stereocenters. The SMILES string of the molecule is c1ccc(-c2ccc(-c3nc(-c4ccc(-c5ccc(N(c6ccccc6)c6ccccc6)cc5)c5c4oc4ccccc45)nc4c3sc3ccccc34)cc2)cc1. The third-order valence-corrected chi connectivity index (χ3v) is 11.9. The molecule has 3 aromatic heterocycles. The number of furan rings is 1. The summed E-state index contributed by atoms with van der Waals surface area (Å²) in [7, 11) is 0. The zero-order valence-corrected chi connectivity index (χ0v) is 31.5. The molecule has 8 aromatic carbocycles. The largest absolute Gasteiger partial charge is 0.455 e. The first kappa shape index (κ1) is 33.0. The average molecular weight is 748 g/mol. The molecular weight excluding hydrogens is 715 g/mol. The van der Waals surface area contributed by atoms with Gasteiger partial charge in [-0.25, -0.2) is 9.97 Å². The highest BCUT2D eigenvalue weighted by atomic mass is 32.1. The van der Waals surface area contributed by atoms with Crippen LogP contribution in [-0.2, 0) is 0 Å². The molecule has 0 aliphatic rings. The molecule has 11 aromatic rings. The first-order valence-electron chi connectivity index (χ1n) is 19.1. The van der Waals surface area contributed by atoms with Crippen molar-refractivity contribution in [3.8, 4) is 44.9 Å². The van der Waals surface area contributed by atoms with Gasteiger partial charge in [0.05, 0.1) is 21.5 Å². The maximum Gasteiger partial charge on any atom is 0.164 e. The molecule has 57 heavy (non-hydrogen) atoms. The minimum Gasteiger partial charge on any atom is -0.455 e. The number of hydrogen-bond acceptors (Lipinski definition) is 5. The van der Waals surface area contributed by atoms with Crippen molar-refractivity contribution in [3.05, 3.63) is 200 Å². The fourth-order valence-corrected chi connectivity index (χ4v) is 9.15. The van der Waals surface area contributed by atoms with Crippen LogP contribution in [0.3, 0.4) is 0 Å². The summed E-state index contributed by atoms with van der Waals surface area (Å²) in [4.78, 5) is 13.0. The van der Waals surface area contributed by atoms with Crippen molar-refractivity contribution in [1.29, 1.82) is 0 Å². The van der Waals surface area contributed by atoms with Crippen molar-refractivity contribution < 1.29 is 4.42 Å². The third kappa shape index (κ3) is 5.76. The minimum absolute atomic E-state index is 0.639. The van der Waals surface area contributed by atoms with Gasteiger partial charge in [-0.2, -0.15) is 0 Å². The maximum atomic E-state index is 6.78. The van der Waals surface area contributed by atoms with Crippen LogP contribution >= 0.6 is 11.3 Å². The van der Waals surface area contributed by atoms with Gasteiger partial charge in [-0.05, 0) is 76.9 Å². The number of rotatable bonds is 7. The van der Waals surface area contributed by atoms with E-state index in [4.69, 9.17) is 14.4 Å². The molecular formula is C52H33N3OS. The second kappa shape index (κ2) is 13.7. The van der Waals surface area contributed by atoms with Crippen LogP contribution in [0.15, 0.2) is 205 Å². The number of benzene rings is 8. The van der Waals surface area contributed by atoms with E-state index in [9.17, 15) is 0 Å². The van der Waals surface area contributed by atoms with Gasteiger partial charge in [-0.15, -0.1) is 11.3 Å². The summed E-state index contributed by atoms with van der Waals surface area (Å²) in [5.41, 5.74) is 13.2. The first-order valence-corrected chi connectivity index (χ1v) is 19.9. The van der Waals surface area contributed by atoms with E-state index in [1.807, 2.05) is 18.2 Å². The van der Waals surface area contributed by atoms with Crippen LogP contribution in [0.2, 0.25) is 0 Å².